The van der Waals surface area contributed by atoms with Crippen LogP contribution in [0.4, 0.5) is 0 Å². The molecule has 1 fully saturated rings. The largest absolute Gasteiger partial charge is 0.508 e. The third-order valence-electron chi connectivity index (χ3n) is 5.04. The van der Waals surface area contributed by atoms with Gasteiger partial charge < -0.3 is 9.84 Å². The molecule has 1 amide bonds. The number of hydrogen-bond acceptors (Lipinski definition) is 5. The van der Waals surface area contributed by atoms with E-state index in [2.05, 4.69) is 19.6 Å². The van der Waals surface area contributed by atoms with Crippen LogP contribution in [0, 0.1) is 11.3 Å². The molecule has 0 radical (unpaired) electrons. The molecule has 150 valence electrons. The number of phenolic OH excluding ortho intramolecular Hbond substituents is 1. The molecule has 0 spiro atoms. The van der Waals surface area contributed by atoms with Gasteiger partial charge in [0.2, 0.25) is 5.91 Å². The summed E-state index contributed by atoms with van der Waals surface area (Å²) in [5.41, 5.74) is 0.0437. The Morgan fingerprint density at radius 2 is 1.89 bits per heavy atom. The zero-order valence-corrected chi connectivity index (χ0v) is 17.9. The third-order valence-corrected chi connectivity index (χ3v) is 6.77. The van der Waals surface area contributed by atoms with Crippen molar-refractivity contribution in [1.29, 1.82) is 0 Å². The monoisotopic (exact) mass is 393 g/mol. The van der Waals surface area contributed by atoms with Gasteiger partial charge in [0, 0.05) is 14.6 Å². The molecule has 1 aliphatic carbocycles. The minimum Gasteiger partial charge on any atom is -0.508 e. The van der Waals surface area contributed by atoms with E-state index in [1.807, 2.05) is 0 Å². The first-order chi connectivity index (χ1) is 12.6. The molecule has 0 aliphatic heterocycles. The molecule has 0 saturated heterocycles. The first-order valence-corrected chi connectivity index (χ1v) is 13.1. The molecule has 1 N–H and O–H groups in total. The highest BCUT2D eigenvalue weighted by Gasteiger charge is 2.65. The number of aromatic hydroxyl groups is 1. The maximum absolute atomic E-state index is 13.0. The molecule has 6 nitrogen and oxygen atoms in total. The van der Waals surface area contributed by atoms with Crippen LogP contribution in [0.15, 0.2) is 24.3 Å². The van der Waals surface area contributed by atoms with E-state index < -0.39 is 19.4 Å². The summed E-state index contributed by atoms with van der Waals surface area (Å²) in [4.78, 5) is 31.0. The maximum atomic E-state index is 13.0. The van der Waals surface area contributed by atoms with Gasteiger partial charge in [-0.3, -0.25) is 14.4 Å². The van der Waals surface area contributed by atoms with Crippen LogP contribution in [0.25, 0.3) is 0 Å². The van der Waals surface area contributed by atoms with Crippen molar-refractivity contribution in [2.45, 2.75) is 45.5 Å². The molecule has 7 heteroatoms. The molecule has 1 aromatic carbocycles. The maximum Gasteiger partial charge on any atom is 0.313 e. The predicted octanol–water partition coefficient (Wildman–Crippen LogP) is 3.23. The topological polar surface area (TPSA) is 76.1 Å². The van der Waals surface area contributed by atoms with E-state index >= 15 is 0 Å². The van der Waals surface area contributed by atoms with Crippen LogP contribution in [0.3, 0.4) is 0 Å². The lowest BCUT2D eigenvalue weighted by atomic mass is 9.93. The molecular weight excluding hydrogens is 362 g/mol. The van der Waals surface area contributed by atoms with E-state index in [0.29, 0.717) is 19.4 Å². The van der Waals surface area contributed by atoms with Crippen LogP contribution in [-0.4, -0.2) is 50.4 Å². The van der Waals surface area contributed by atoms with Crippen molar-refractivity contribution in [3.8, 4) is 5.75 Å². The fourth-order valence-electron chi connectivity index (χ4n) is 3.28. The number of carbonyl (C=O) groups is 2. The van der Waals surface area contributed by atoms with Gasteiger partial charge in [-0.25, -0.2) is 5.06 Å². The molecule has 1 aliphatic rings. The highest BCUT2D eigenvalue weighted by molar-refractivity contribution is 6.76. The van der Waals surface area contributed by atoms with E-state index in [4.69, 9.17) is 9.57 Å². The number of esters is 1. The van der Waals surface area contributed by atoms with Crippen LogP contribution < -0.4 is 0 Å². The van der Waals surface area contributed by atoms with Crippen molar-refractivity contribution in [3.05, 3.63) is 29.8 Å². The van der Waals surface area contributed by atoms with Crippen LogP contribution >= 0.6 is 0 Å². The Bertz CT molecular complexity index is 670. The predicted molar refractivity (Wildman–Crippen MR) is 106 cm³/mol. The first kappa shape index (κ1) is 21.4. The van der Waals surface area contributed by atoms with Gasteiger partial charge in [0.05, 0.1) is 25.0 Å². The van der Waals surface area contributed by atoms with Crippen molar-refractivity contribution in [2.75, 3.05) is 20.3 Å². The normalized spacial score (nSPS) is 21.6. The summed E-state index contributed by atoms with van der Waals surface area (Å²) in [7, 11) is 0.174. The van der Waals surface area contributed by atoms with Crippen LogP contribution in [0.2, 0.25) is 25.7 Å². The van der Waals surface area contributed by atoms with Crippen molar-refractivity contribution in [1.82, 2.24) is 5.06 Å². The summed E-state index contributed by atoms with van der Waals surface area (Å²) in [6.45, 7) is 9.32. The van der Waals surface area contributed by atoms with Gasteiger partial charge in [0.1, 0.15) is 5.75 Å². The number of carbonyl (C=O) groups excluding carboxylic acids is 2. The van der Waals surface area contributed by atoms with Crippen molar-refractivity contribution >= 4 is 20.0 Å². The van der Waals surface area contributed by atoms with Gasteiger partial charge in [-0.05, 0) is 43.5 Å². The zero-order valence-electron chi connectivity index (χ0n) is 16.9. The Labute approximate surface area is 162 Å². The molecule has 0 aromatic heterocycles. The van der Waals surface area contributed by atoms with Crippen LogP contribution in [0.5, 0.6) is 5.75 Å². The van der Waals surface area contributed by atoms with Gasteiger partial charge in [0.25, 0.3) is 0 Å². The third kappa shape index (κ3) is 5.32. The second-order valence-electron chi connectivity index (χ2n) is 8.41. The Morgan fingerprint density at radius 3 is 2.41 bits per heavy atom. The van der Waals surface area contributed by atoms with Gasteiger partial charge in [-0.15, -0.1) is 0 Å². The van der Waals surface area contributed by atoms with Crippen molar-refractivity contribution in [3.63, 3.8) is 0 Å². The Kier molecular flexibility index (Phi) is 6.70. The average Bonchev–Trinajstić information content (AvgIpc) is 3.32. The molecule has 1 saturated carbocycles. The minimum atomic E-state index is -1.32. The number of hydroxylamine groups is 2. The Hall–Kier alpha value is -1.86. The lowest BCUT2D eigenvalue weighted by molar-refractivity contribution is -0.178. The summed E-state index contributed by atoms with van der Waals surface area (Å²) in [5.74, 6) is -0.753. The second kappa shape index (κ2) is 8.44. The summed E-state index contributed by atoms with van der Waals surface area (Å²) in [6.07, 6.45) is 0.868. The Morgan fingerprint density at radius 1 is 1.26 bits per heavy atom. The number of ether oxygens (including phenoxy) is 1. The number of phenols is 1. The minimum absolute atomic E-state index is 0.150. The summed E-state index contributed by atoms with van der Waals surface area (Å²) < 4.78 is 5.28. The van der Waals surface area contributed by atoms with Gasteiger partial charge >= 0.3 is 5.97 Å². The van der Waals surface area contributed by atoms with Crippen LogP contribution in [-0.2, 0) is 25.6 Å². The first-order valence-electron chi connectivity index (χ1n) is 9.43. The summed E-state index contributed by atoms with van der Waals surface area (Å²) in [6, 6.07) is 7.65. The molecule has 2 atom stereocenters. The van der Waals surface area contributed by atoms with Gasteiger partial charge in [-0.2, -0.15) is 0 Å². The molecule has 1 aromatic rings. The molecular formula is C20H31NO5Si. The number of nitrogens with zero attached hydrogens (tertiary/aromatic N) is 1. The highest BCUT2D eigenvalue weighted by atomic mass is 28.3. The van der Waals surface area contributed by atoms with Crippen LogP contribution in [0.1, 0.15) is 18.9 Å². The van der Waals surface area contributed by atoms with E-state index in [1.165, 1.54) is 12.2 Å². The smallest absolute Gasteiger partial charge is 0.313 e. The Balaban J connectivity index is 2.15. The summed E-state index contributed by atoms with van der Waals surface area (Å²) in [5, 5.41) is 10.9. The molecule has 27 heavy (non-hydrogen) atoms. The quantitative estimate of drug-likeness (QED) is 0.396. The number of benzene rings is 1. The van der Waals surface area contributed by atoms with E-state index in [1.54, 1.807) is 31.2 Å². The molecule has 2 rings (SSSR count). The fraction of sp³-hybridized carbons (Fsp3) is 0.600. The molecule has 0 bridgehead atoms. The second-order valence-corrected chi connectivity index (χ2v) is 14.0. The molecule has 2 unspecified atom stereocenters. The highest BCUT2D eigenvalue weighted by Crippen LogP contribution is 2.56. The standard InChI is InChI=1S/C20H31NO5Si/c1-6-26-19(24)20(13-15-7-9-16(22)10-8-15)14-17(20)18(23)21(25-2)11-12-27(3,4)5/h7-10,17,22H,6,11-14H2,1-5H3. The van der Waals surface area contributed by atoms with E-state index in [-0.39, 0.29) is 24.2 Å². The zero-order chi connectivity index (χ0) is 20.2. The van der Waals surface area contributed by atoms with Crippen molar-refractivity contribution < 1.29 is 24.3 Å². The van der Waals surface area contributed by atoms with Gasteiger partial charge in [-0.1, -0.05) is 31.8 Å². The fourth-order valence-corrected chi connectivity index (χ4v) is 4.15. The van der Waals surface area contributed by atoms with E-state index in [0.717, 1.165) is 11.6 Å². The van der Waals surface area contributed by atoms with Gasteiger partial charge in [0.15, 0.2) is 0 Å². The number of amides is 1. The number of hydrogen-bond donors (Lipinski definition) is 1. The SMILES string of the molecule is CCOC(=O)C1(Cc2ccc(O)cc2)CC1C(=O)N(CC[Si](C)(C)C)OC. The molecule has 0 heterocycles. The summed E-state index contributed by atoms with van der Waals surface area (Å²) >= 11 is 0. The number of rotatable bonds is 9. The lowest BCUT2D eigenvalue weighted by Crippen LogP contribution is -2.38. The van der Waals surface area contributed by atoms with Crippen molar-refractivity contribution in [2.24, 2.45) is 11.3 Å². The average molecular weight is 394 g/mol. The lowest BCUT2D eigenvalue weighted by Gasteiger charge is -2.25. The van der Waals surface area contributed by atoms with E-state index in [9.17, 15) is 14.7 Å².